The molecular formula is C120H82N6S2Si2. The number of thiophene rings is 2. The lowest BCUT2D eigenvalue weighted by atomic mass is 9.96. The van der Waals surface area contributed by atoms with Gasteiger partial charge in [-0.2, -0.15) is 0 Å². The number of hydrogen-bond acceptors (Lipinski definition) is 8. The Hall–Kier alpha value is -15.9. The predicted molar refractivity (Wildman–Crippen MR) is 552 cm³/mol. The summed E-state index contributed by atoms with van der Waals surface area (Å²) in [6.07, 6.45) is 0. The van der Waals surface area contributed by atoms with Gasteiger partial charge >= 0.3 is 0 Å². The van der Waals surface area contributed by atoms with Crippen molar-refractivity contribution < 1.29 is 0 Å². The molecule has 10 heteroatoms. The van der Waals surface area contributed by atoms with E-state index in [4.69, 9.17) is 29.9 Å². The van der Waals surface area contributed by atoms with Crippen LogP contribution >= 0.6 is 22.7 Å². The molecule has 0 N–H and O–H groups in total. The molecule has 0 saturated heterocycles. The molecule has 0 saturated carbocycles. The van der Waals surface area contributed by atoms with E-state index in [2.05, 4.69) is 376 Å². The van der Waals surface area contributed by atoms with Gasteiger partial charge in [-0.1, -0.05) is 449 Å². The maximum absolute atomic E-state index is 5.00. The van der Waals surface area contributed by atoms with Crippen LogP contribution in [0.3, 0.4) is 0 Å². The van der Waals surface area contributed by atoms with Gasteiger partial charge in [-0.25, -0.2) is 29.9 Å². The number of rotatable bonds is 19. The average Bonchev–Trinajstić information content (AvgIpc) is 1.17. The summed E-state index contributed by atoms with van der Waals surface area (Å²) in [7, 11) is -5.18. The van der Waals surface area contributed by atoms with Crippen LogP contribution in [0, 0.1) is 0 Å². The van der Waals surface area contributed by atoms with Crippen molar-refractivity contribution in [1.29, 1.82) is 0 Å². The second-order valence-corrected chi connectivity index (χ2v) is 42.5. The summed E-state index contributed by atoms with van der Waals surface area (Å²) in [6, 6.07) is 180. The van der Waals surface area contributed by atoms with E-state index in [1.54, 1.807) is 22.7 Å². The van der Waals surface area contributed by atoms with Gasteiger partial charge in [-0.3, -0.25) is 0 Å². The van der Waals surface area contributed by atoms with E-state index >= 15 is 0 Å². The molecule has 6 nitrogen and oxygen atoms in total. The summed E-state index contributed by atoms with van der Waals surface area (Å²) < 4.78 is 4.90. The summed E-state index contributed by atoms with van der Waals surface area (Å²) in [5.41, 5.74) is 17.7. The lowest BCUT2D eigenvalue weighted by molar-refractivity contribution is 1.07. The van der Waals surface area contributed by atoms with E-state index < -0.39 is 16.1 Å². The molecule has 0 fully saturated rings. The van der Waals surface area contributed by atoms with Gasteiger partial charge in [0, 0.05) is 73.7 Å². The van der Waals surface area contributed by atoms with E-state index in [1.165, 1.54) is 137 Å². The van der Waals surface area contributed by atoms with Gasteiger partial charge in [0.05, 0.1) is 0 Å². The Labute approximate surface area is 766 Å². The van der Waals surface area contributed by atoms with Crippen LogP contribution < -0.4 is 41.5 Å². The van der Waals surface area contributed by atoms with Gasteiger partial charge in [-0.05, 0) is 146 Å². The van der Waals surface area contributed by atoms with E-state index in [-0.39, 0.29) is 0 Å². The summed E-state index contributed by atoms with van der Waals surface area (Å²) in [5.74, 6) is 3.97. The fourth-order valence-electron chi connectivity index (χ4n) is 18.6. The number of fused-ring (bicyclic) bond motifs is 6. The highest BCUT2D eigenvalue weighted by atomic mass is 32.1. The van der Waals surface area contributed by atoms with Crippen molar-refractivity contribution in [1.82, 2.24) is 29.9 Å². The molecule has 0 bridgehead atoms. The average molecular weight is 1730 g/mol. The summed E-state index contributed by atoms with van der Waals surface area (Å²) in [5, 5.41) is 15.9. The molecule has 23 rings (SSSR count). The van der Waals surface area contributed by atoms with Crippen LogP contribution in [0.5, 0.6) is 0 Å². The third kappa shape index (κ3) is 15.6. The molecule has 4 heterocycles. The van der Waals surface area contributed by atoms with Gasteiger partial charge in [0.2, 0.25) is 0 Å². The molecule has 612 valence electrons. The molecule has 0 radical (unpaired) electrons. The van der Waals surface area contributed by atoms with Crippen LogP contribution in [0.25, 0.3) is 164 Å². The topological polar surface area (TPSA) is 77.3 Å². The second kappa shape index (κ2) is 35.5. The fourth-order valence-corrected chi connectivity index (χ4v) is 30.4. The van der Waals surface area contributed by atoms with E-state index in [0.29, 0.717) is 34.9 Å². The van der Waals surface area contributed by atoms with Crippen molar-refractivity contribution in [3.05, 3.63) is 497 Å². The zero-order valence-electron chi connectivity index (χ0n) is 70.8. The number of nitrogens with zero attached hydrogens (tertiary/aromatic N) is 6. The maximum Gasteiger partial charge on any atom is 0.179 e. The molecule has 23 aromatic rings. The highest BCUT2D eigenvalue weighted by Gasteiger charge is 2.43. The Kier molecular flexibility index (Phi) is 21.8. The molecule has 0 atom stereocenters. The van der Waals surface area contributed by atoms with Crippen LogP contribution in [0.1, 0.15) is 0 Å². The standard InChI is InChI=1S/C63H43N3SSi.C57H39N3SSi/c1-6-18-45(19-7-1)61-64-62(46-20-8-2-9-21-46)66-63(65-61)52-34-38-57-58-42-51(35-39-59(58)67-60(57)43-52)50-25-17-24-49(41-50)48-23-16-22-47(40-48)44-32-36-56(37-33-44)68(53-26-10-3-11-27-53,54-28-12-4-13-29-54)55-30-14-5-15-31-55;1-6-16-43(17-7-1)55-58-56(44-18-8-2-9-19-44)60-57(59-55)46-32-36-51-52-38-45(33-37-53(52)61-54(51)39-46)42-28-26-40(27-29-42)41-30-34-50(35-31-41)62(47-20-10-3-11-21-47,48-22-12-4-13-23-48)49-24-14-5-15-25-49/h1-43H;1-39H. The van der Waals surface area contributed by atoms with Gasteiger partial charge in [-0.15, -0.1) is 22.7 Å². The lowest BCUT2D eigenvalue weighted by Crippen LogP contribution is -2.74. The molecule has 4 aromatic heterocycles. The van der Waals surface area contributed by atoms with Crippen molar-refractivity contribution in [2.45, 2.75) is 0 Å². The third-order valence-corrected chi connectivity index (χ3v) is 36.9. The Morgan fingerprint density at radius 1 is 0.123 bits per heavy atom. The Morgan fingerprint density at radius 3 is 0.592 bits per heavy atom. The summed E-state index contributed by atoms with van der Waals surface area (Å²) >= 11 is 3.61. The van der Waals surface area contributed by atoms with Gasteiger partial charge in [0.25, 0.3) is 0 Å². The SMILES string of the molecule is c1ccc(-c2nc(-c3ccccc3)nc(-c3ccc4c(c3)sc3ccc(-c5ccc(-c6ccc([Si](c7ccccc7)(c7ccccc7)c7ccccc7)cc6)cc5)cc34)n2)cc1.c1ccc(-c2nc(-c3ccccc3)nc(-c3ccc4c(c3)sc3ccc(-c5cccc(-c6cccc(-c7ccc([Si](c8ccccc8)(c8ccccc8)c8ccccc8)cc7)c6)c5)cc34)n2)cc1. The summed E-state index contributed by atoms with van der Waals surface area (Å²) in [4.78, 5) is 29.7. The quantitative estimate of drug-likeness (QED) is 0.0593. The monoisotopic (exact) mass is 1730 g/mol. The van der Waals surface area contributed by atoms with Gasteiger partial charge in [0.15, 0.2) is 51.1 Å². The van der Waals surface area contributed by atoms with Gasteiger partial charge < -0.3 is 0 Å². The fraction of sp³-hybridized carbons (Fsp3) is 0. The second-order valence-electron chi connectivity index (χ2n) is 32.7. The Balaban J connectivity index is 0.000000153. The molecule has 19 aromatic carbocycles. The smallest absolute Gasteiger partial charge is 0.179 e. The van der Waals surface area contributed by atoms with Crippen LogP contribution in [-0.2, 0) is 0 Å². The largest absolute Gasteiger partial charge is 0.208 e. The third-order valence-electron chi connectivity index (χ3n) is 25.0. The van der Waals surface area contributed by atoms with Crippen molar-refractivity contribution in [3.8, 4) is 124 Å². The summed E-state index contributed by atoms with van der Waals surface area (Å²) in [6.45, 7) is 0. The first-order valence-corrected chi connectivity index (χ1v) is 49.5. The Morgan fingerprint density at radius 2 is 0.315 bits per heavy atom. The number of benzene rings is 19. The lowest BCUT2D eigenvalue weighted by Gasteiger charge is -2.34. The molecule has 0 unspecified atom stereocenters. The molecule has 0 spiro atoms. The minimum Gasteiger partial charge on any atom is -0.208 e. The zero-order valence-corrected chi connectivity index (χ0v) is 74.5. The van der Waals surface area contributed by atoms with E-state index in [1.807, 2.05) is 121 Å². The molecule has 0 aliphatic heterocycles. The zero-order chi connectivity index (χ0) is 86.6. The maximum atomic E-state index is 5.00. The van der Waals surface area contributed by atoms with Gasteiger partial charge in [0.1, 0.15) is 0 Å². The van der Waals surface area contributed by atoms with Crippen LogP contribution in [-0.4, -0.2) is 46.1 Å². The number of hydrogen-bond donors (Lipinski definition) is 0. The molecule has 0 amide bonds. The van der Waals surface area contributed by atoms with Crippen LogP contribution in [0.4, 0.5) is 0 Å². The highest BCUT2D eigenvalue weighted by molar-refractivity contribution is 7.26. The van der Waals surface area contributed by atoms with E-state index in [0.717, 1.165) is 33.4 Å². The van der Waals surface area contributed by atoms with E-state index in [9.17, 15) is 0 Å². The van der Waals surface area contributed by atoms with Crippen molar-refractivity contribution in [3.63, 3.8) is 0 Å². The normalized spacial score (nSPS) is 11.5. The first kappa shape index (κ1) is 79.9. The Bertz CT molecular complexity index is 7650. The van der Waals surface area contributed by atoms with Crippen molar-refractivity contribution in [2.75, 3.05) is 0 Å². The molecule has 0 aliphatic carbocycles. The van der Waals surface area contributed by atoms with Crippen LogP contribution in [0.2, 0.25) is 0 Å². The molecule has 130 heavy (non-hydrogen) atoms. The van der Waals surface area contributed by atoms with Crippen LogP contribution in [0.15, 0.2) is 497 Å². The van der Waals surface area contributed by atoms with Crippen molar-refractivity contribution in [2.24, 2.45) is 0 Å². The predicted octanol–water partition coefficient (Wildman–Crippen LogP) is 25.6. The van der Waals surface area contributed by atoms with Crippen molar-refractivity contribution >= 4 is 121 Å². The minimum absolute atomic E-state index is 0.660. The molecule has 0 aliphatic rings. The minimum atomic E-state index is -2.60. The first-order chi connectivity index (χ1) is 64.4. The highest BCUT2D eigenvalue weighted by Crippen LogP contribution is 2.42. The molecular weight excluding hydrogens is 1650 g/mol. The first-order valence-electron chi connectivity index (χ1n) is 43.9. The number of aromatic nitrogens is 6.